The molecule has 0 saturated carbocycles. The molecule has 1 aliphatic rings. The highest BCUT2D eigenvalue weighted by atomic mass is 16.5. The molecule has 0 aromatic heterocycles. The molecule has 2 N–H and O–H groups in total. The van der Waals surface area contributed by atoms with Gasteiger partial charge in [-0.3, -0.25) is 5.32 Å². The molecule has 0 aliphatic carbocycles. The number of ether oxygens (including phenoxy) is 1. The highest BCUT2D eigenvalue weighted by molar-refractivity contribution is 6.00. The predicted molar refractivity (Wildman–Crippen MR) is 84.6 cm³/mol. The molecule has 1 saturated heterocycles. The van der Waals surface area contributed by atoms with Gasteiger partial charge in [-0.1, -0.05) is 42.8 Å². The fraction of sp³-hybridized carbons (Fsp3) is 0.353. The number of amides is 1. The third-order valence-corrected chi connectivity index (χ3v) is 3.85. The minimum Gasteiger partial charge on any atom is -0.448 e. The van der Waals surface area contributed by atoms with Crippen molar-refractivity contribution >= 4 is 22.6 Å². The fourth-order valence-corrected chi connectivity index (χ4v) is 2.72. The lowest BCUT2D eigenvalue weighted by Gasteiger charge is -2.23. The topological polar surface area (TPSA) is 50.4 Å². The summed E-state index contributed by atoms with van der Waals surface area (Å²) in [6.45, 7) is 1.44. The predicted octanol–water partition coefficient (Wildman–Crippen LogP) is 3.53. The van der Waals surface area contributed by atoms with Crippen molar-refractivity contribution in [1.29, 1.82) is 0 Å². The van der Waals surface area contributed by atoms with Gasteiger partial charge in [0.1, 0.15) is 6.61 Å². The maximum atomic E-state index is 11.9. The van der Waals surface area contributed by atoms with Gasteiger partial charge in [0.05, 0.1) is 5.69 Å². The Balaban J connectivity index is 1.61. The Labute approximate surface area is 124 Å². The SMILES string of the molecule is O=C(Nc1cccc2ccccc12)OCC1CCCCN1. The molecule has 4 nitrogen and oxygen atoms in total. The van der Waals surface area contributed by atoms with Crippen LogP contribution < -0.4 is 10.6 Å². The van der Waals surface area contributed by atoms with Gasteiger partial charge in [-0.05, 0) is 30.8 Å². The van der Waals surface area contributed by atoms with Crippen LogP contribution in [-0.2, 0) is 4.74 Å². The molecule has 1 heterocycles. The molecule has 2 aromatic rings. The number of anilines is 1. The molecule has 110 valence electrons. The third-order valence-electron chi connectivity index (χ3n) is 3.85. The van der Waals surface area contributed by atoms with E-state index >= 15 is 0 Å². The molecule has 0 radical (unpaired) electrons. The Bertz CT molecular complexity index is 616. The maximum absolute atomic E-state index is 11.9. The van der Waals surface area contributed by atoms with Crippen molar-refractivity contribution in [3.63, 3.8) is 0 Å². The van der Waals surface area contributed by atoms with Crippen LogP contribution >= 0.6 is 0 Å². The minimum atomic E-state index is -0.390. The molecule has 1 fully saturated rings. The number of fused-ring (bicyclic) bond motifs is 1. The van der Waals surface area contributed by atoms with E-state index < -0.39 is 6.09 Å². The Morgan fingerprint density at radius 2 is 2.05 bits per heavy atom. The molecule has 21 heavy (non-hydrogen) atoms. The van der Waals surface area contributed by atoms with Crippen LogP contribution in [0.3, 0.4) is 0 Å². The molecule has 3 rings (SSSR count). The van der Waals surface area contributed by atoms with Gasteiger partial charge in [0.25, 0.3) is 0 Å². The van der Waals surface area contributed by atoms with Crippen LogP contribution in [-0.4, -0.2) is 25.3 Å². The minimum absolute atomic E-state index is 0.289. The lowest BCUT2D eigenvalue weighted by Crippen LogP contribution is -2.38. The summed E-state index contributed by atoms with van der Waals surface area (Å²) in [5, 5.41) is 8.32. The van der Waals surface area contributed by atoms with Crippen molar-refractivity contribution in [3.8, 4) is 0 Å². The molecule has 1 unspecified atom stereocenters. The standard InChI is InChI=1S/C17H20N2O2/c20-17(21-12-14-8-3-4-11-18-14)19-16-10-5-7-13-6-1-2-9-15(13)16/h1-2,5-7,9-10,14,18H,3-4,8,11-12H2,(H,19,20). The van der Waals surface area contributed by atoms with Crippen LogP contribution in [0.5, 0.6) is 0 Å². The first-order valence-electron chi connectivity index (χ1n) is 7.48. The fourth-order valence-electron chi connectivity index (χ4n) is 2.72. The van der Waals surface area contributed by atoms with Gasteiger partial charge in [-0.15, -0.1) is 0 Å². The highest BCUT2D eigenvalue weighted by Gasteiger charge is 2.15. The van der Waals surface area contributed by atoms with Gasteiger partial charge < -0.3 is 10.1 Å². The first-order chi connectivity index (χ1) is 10.3. The van der Waals surface area contributed by atoms with E-state index in [4.69, 9.17) is 4.74 Å². The second-order valence-corrected chi connectivity index (χ2v) is 5.40. The van der Waals surface area contributed by atoms with Gasteiger partial charge in [0, 0.05) is 11.4 Å². The largest absolute Gasteiger partial charge is 0.448 e. The maximum Gasteiger partial charge on any atom is 0.411 e. The van der Waals surface area contributed by atoms with Gasteiger partial charge >= 0.3 is 6.09 Å². The van der Waals surface area contributed by atoms with Crippen LogP contribution in [0, 0.1) is 0 Å². The lowest BCUT2D eigenvalue weighted by atomic mass is 10.1. The average Bonchev–Trinajstić information content (AvgIpc) is 2.54. The first-order valence-corrected chi connectivity index (χ1v) is 7.48. The highest BCUT2D eigenvalue weighted by Crippen LogP contribution is 2.23. The second kappa shape index (κ2) is 6.59. The summed E-state index contributed by atoms with van der Waals surface area (Å²) >= 11 is 0. The van der Waals surface area contributed by atoms with E-state index in [1.54, 1.807) is 0 Å². The van der Waals surface area contributed by atoms with Crippen LogP contribution in [0.15, 0.2) is 42.5 Å². The number of rotatable bonds is 3. The van der Waals surface area contributed by atoms with Gasteiger partial charge in [-0.2, -0.15) is 0 Å². The Morgan fingerprint density at radius 1 is 1.19 bits per heavy atom. The van der Waals surface area contributed by atoms with E-state index in [0.29, 0.717) is 6.61 Å². The van der Waals surface area contributed by atoms with Crippen molar-refractivity contribution in [2.45, 2.75) is 25.3 Å². The van der Waals surface area contributed by atoms with E-state index in [2.05, 4.69) is 10.6 Å². The molecular weight excluding hydrogens is 264 g/mol. The number of carbonyl (C=O) groups is 1. The smallest absolute Gasteiger partial charge is 0.411 e. The summed E-state index contributed by atoms with van der Waals surface area (Å²) in [6.07, 6.45) is 3.09. The zero-order chi connectivity index (χ0) is 14.5. The van der Waals surface area contributed by atoms with E-state index in [1.807, 2.05) is 42.5 Å². The summed E-state index contributed by atoms with van der Waals surface area (Å²) in [5.74, 6) is 0. The molecule has 4 heteroatoms. The first kappa shape index (κ1) is 13.9. The van der Waals surface area contributed by atoms with Crippen LogP contribution in [0.2, 0.25) is 0 Å². The molecule has 0 spiro atoms. The van der Waals surface area contributed by atoms with Crippen molar-refractivity contribution in [3.05, 3.63) is 42.5 Å². The molecule has 0 bridgehead atoms. The second-order valence-electron chi connectivity index (χ2n) is 5.40. The van der Waals surface area contributed by atoms with Crippen molar-refractivity contribution in [2.75, 3.05) is 18.5 Å². The van der Waals surface area contributed by atoms with E-state index in [1.165, 1.54) is 12.8 Å². The molecule has 1 aliphatic heterocycles. The summed E-state index contributed by atoms with van der Waals surface area (Å²) in [5.41, 5.74) is 0.787. The number of hydrogen-bond donors (Lipinski definition) is 2. The van der Waals surface area contributed by atoms with Crippen LogP contribution in [0.25, 0.3) is 10.8 Å². The van der Waals surface area contributed by atoms with Crippen molar-refractivity contribution < 1.29 is 9.53 Å². The molecule has 2 aromatic carbocycles. The number of piperidine rings is 1. The Morgan fingerprint density at radius 3 is 2.90 bits per heavy atom. The molecular formula is C17H20N2O2. The van der Waals surface area contributed by atoms with Crippen molar-refractivity contribution in [2.24, 2.45) is 0 Å². The summed E-state index contributed by atoms with van der Waals surface area (Å²) in [6, 6.07) is 14.1. The third kappa shape index (κ3) is 3.52. The molecule has 1 atom stereocenters. The van der Waals surface area contributed by atoms with E-state index in [9.17, 15) is 4.79 Å². The average molecular weight is 284 g/mol. The van der Waals surface area contributed by atoms with Gasteiger partial charge in [0.15, 0.2) is 0 Å². The number of hydrogen-bond acceptors (Lipinski definition) is 3. The zero-order valence-corrected chi connectivity index (χ0v) is 12.0. The Hall–Kier alpha value is -2.07. The van der Waals surface area contributed by atoms with E-state index in [-0.39, 0.29) is 6.04 Å². The van der Waals surface area contributed by atoms with E-state index in [0.717, 1.165) is 29.4 Å². The summed E-state index contributed by atoms with van der Waals surface area (Å²) < 4.78 is 5.32. The van der Waals surface area contributed by atoms with Gasteiger partial charge in [-0.25, -0.2) is 4.79 Å². The van der Waals surface area contributed by atoms with Crippen LogP contribution in [0.1, 0.15) is 19.3 Å². The normalized spacial score (nSPS) is 18.4. The summed E-state index contributed by atoms with van der Waals surface area (Å²) in [7, 11) is 0. The lowest BCUT2D eigenvalue weighted by molar-refractivity contribution is 0.141. The van der Waals surface area contributed by atoms with Gasteiger partial charge in [0.2, 0.25) is 0 Å². The number of benzene rings is 2. The number of carbonyl (C=O) groups excluding carboxylic acids is 1. The van der Waals surface area contributed by atoms with Crippen LogP contribution in [0.4, 0.5) is 10.5 Å². The number of nitrogens with one attached hydrogen (secondary N) is 2. The van der Waals surface area contributed by atoms with Crippen molar-refractivity contribution in [1.82, 2.24) is 5.32 Å². The quantitative estimate of drug-likeness (QED) is 0.906. The Kier molecular flexibility index (Phi) is 4.36. The summed E-state index contributed by atoms with van der Waals surface area (Å²) in [4.78, 5) is 11.9. The monoisotopic (exact) mass is 284 g/mol. The zero-order valence-electron chi connectivity index (χ0n) is 12.0. The molecule has 1 amide bonds.